The zero-order chi connectivity index (χ0) is 23.5. The smallest absolute Gasteiger partial charge is 0.266 e. The lowest BCUT2D eigenvalue weighted by Crippen LogP contribution is -2.36. The van der Waals surface area contributed by atoms with Crippen LogP contribution in [0, 0.1) is 5.82 Å². The number of nitrogens with zero attached hydrogens (tertiary/aromatic N) is 3. The molecule has 6 nitrogen and oxygen atoms in total. The Hall–Kier alpha value is -4.00. The van der Waals surface area contributed by atoms with Crippen LogP contribution in [0.5, 0.6) is 5.75 Å². The highest BCUT2D eigenvalue weighted by Gasteiger charge is 2.29. The number of fused-ring (bicyclic) bond motifs is 1. The van der Waals surface area contributed by atoms with Gasteiger partial charge in [-0.1, -0.05) is 43.3 Å². The lowest BCUT2D eigenvalue weighted by atomic mass is 10.1. The molecular formula is C26H24FN3O3. The average Bonchev–Trinajstić information content (AvgIpc) is 2.84. The fraction of sp³-hybridized carbons (Fsp3) is 0.192. The normalized spacial score (nSPS) is 11.9. The molecule has 0 bridgehead atoms. The summed E-state index contributed by atoms with van der Waals surface area (Å²) in [4.78, 5) is 33.1. The van der Waals surface area contributed by atoms with E-state index in [0.717, 1.165) is 0 Å². The third kappa shape index (κ3) is 3.98. The van der Waals surface area contributed by atoms with Crippen molar-refractivity contribution in [2.45, 2.75) is 19.4 Å². The Morgan fingerprint density at radius 1 is 1.06 bits per heavy atom. The number of carbonyl (C=O) groups excluding carboxylic acids is 1. The summed E-state index contributed by atoms with van der Waals surface area (Å²) < 4.78 is 21.3. The standard InChI is InChI=1S/C26H24FN3O3/c1-4-21(29(2)25(31)17-11-5-7-13-19(17)27)24-28-20-14-8-6-12-18(20)26(32)30(24)22-15-9-10-16-23(22)33-3/h5-16,21H,4H2,1-3H3. The van der Waals surface area contributed by atoms with Crippen LogP contribution in [-0.4, -0.2) is 34.5 Å². The molecule has 33 heavy (non-hydrogen) atoms. The van der Waals surface area contributed by atoms with Gasteiger partial charge in [-0.2, -0.15) is 0 Å². The fourth-order valence-corrected chi connectivity index (χ4v) is 4.02. The molecule has 0 N–H and O–H groups in total. The van der Waals surface area contributed by atoms with Crippen LogP contribution in [0.1, 0.15) is 35.6 Å². The highest BCUT2D eigenvalue weighted by atomic mass is 19.1. The van der Waals surface area contributed by atoms with Gasteiger partial charge in [0, 0.05) is 7.05 Å². The molecule has 0 aliphatic heterocycles. The van der Waals surface area contributed by atoms with Crippen LogP contribution in [0.15, 0.2) is 77.6 Å². The maximum atomic E-state index is 14.4. The molecule has 1 unspecified atom stereocenters. The lowest BCUT2D eigenvalue weighted by molar-refractivity contribution is 0.0712. The molecule has 7 heteroatoms. The summed E-state index contributed by atoms with van der Waals surface area (Å²) in [5.41, 5.74) is 0.730. The largest absolute Gasteiger partial charge is 0.495 e. The second kappa shape index (κ2) is 9.24. The summed E-state index contributed by atoms with van der Waals surface area (Å²) in [6.07, 6.45) is 0.455. The lowest BCUT2D eigenvalue weighted by Gasteiger charge is -2.29. The molecule has 168 valence electrons. The first kappa shape index (κ1) is 22.2. The van der Waals surface area contributed by atoms with E-state index in [1.165, 1.54) is 34.8 Å². The number of methoxy groups -OCH3 is 1. The molecule has 0 fully saturated rings. The number of hydrogen-bond acceptors (Lipinski definition) is 4. The molecule has 0 saturated heterocycles. The van der Waals surface area contributed by atoms with E-state index in [-0.39, 0.29) is 11.1 Å². The molecule has 0 radical (unpaired) electrons. The van der Waals surface area contributed by atoms with E-state index < -0.39 is 17.8 Å². The van der Waals surface area contributed by atoms with E-state index in [2.05, 4.69) is 0 Å². The summed E-state index contributed by atoms with van der Waals surface area (Å²) in [7, 11) is 3.13. The van der Waals surface area contributed by atoms with Gasteiger partial charge in [-0.15, -0.1) is 0 Å². The minimum Gasteiger partial charge on any atom is -0.495 e. The maximum absolute atomic E-state index is 14.4. The Labute approximate surface area is 190 Å². The van der Waals surface area contributed by atoms with Gasteiger partial charge < -0.3 is 9.64 Å². The molecule has 0 saturated carbocycles. The molecule has 0 spiro atoms. The first-order valence-electron chi connectivity index (χ1n) is 10.6. The third-order valence-electron chi connectivity index (χ3n) is 5.70. The van der Waals surface area contributed by atoms with Crippen molar-refractivity contribution < 1.29 is 13.9 Å². The molecule has 4 rings (SSSR count). The predicted molar refractivity (Wildman–Crippen MR) is 125 cm³/mol. The highest BCUT2D eigenvalue weighted by Crippen LogP contribution is 2.29. The van der Waals surface area contributed by atoms with Crippen molar-refractivity contribution in [1.29, 1.82) is 0 Å². The molecule has 1 aromatic heterocycles. The molecule has 3 aromatic carbocycles. The SMILES string of the molecule is CCC(c1nc2ccccc2c(=O)n1-c1ccccc1OC)N(C)C(=O)c1ccccc1F. The Bertz CT molecular complexity index is 1380. The van der Waals surface area contributed by atoms with Gasteiger partial charge in [0.1, 0.15) is 17.4 Å². The second-order valence-electron chi connectivity index (χ2n) is 7.62. The third-order valence-corrected chi connectivity index (χ3v) is 5.70. The van der Waals surface area contributed by atoms with Gasteiger partial charge in [0.2, 0.25) is 0 Å². The molecule has 0 aliphatic carbocycles. The Balaban J connectivity index is 1.96. The number of benzene rings is 3. The number of carbonyl (C=O) groups is 1. The number of aromatic nitrogens is 2. The Morgan fingerprint density at radius 2 is 1.73 bits per heavy atom. The van der Waals surface area contributed by atoms with Gasteiger partial charge in [-0.25, -0.2) is 9.37 Å². The molecule has 4 aromatic rings. The van der Waals surface area contributed by atoms with Gasteiger partial charge in [0.15, 0.2) is 0 Å². The van der Waals surface area contributed by atoms with E-state index in [1.807, 2.05) is 13.0 Å². The van der Waals surface area contributed by atoms with Gasteiger partial charge in [0.25, 0.3) is 11.5 Å². The molecule has 0 aliphatic rings. The summed E-state index contributed by atoms with van der Waals surface area (Å²) in [6.45, 7) is 1.89. The highest BCUT2D eigenvalue weighted by molar-refractivity contribution is 5.94. The van der Waals surface area contributed by atoms with Crippen molar-refractivity contribution in [2.24, 2.45) is 0 Å². The number of ether oxygens (including phenoxy) is 1. The fourth-order valence-electron chi connectivity index (χ4n) is 4.02. The zero-order valence-corrected chi connectivity index (χ0v) is 18.7. The van der Waals surface area contributed by atoms with E-state index in [9.17, 15) is 14.0 Å². The first-order valence-corrected chi connectivity index (χ1v) is 10.6. The van der Waals surface area contributed by atoms with Gasteiger partial charge in [0.05, 0.1) is 35.3 Å². The van der Waals surface area contributed by atoms with Crippen LogP contribution in [0.2, 0.25) is 0 Å². The molecular weight excluding hydrogens is 421 g/mol. The van der Waals surface area contributed by atoms with Crippen LogP contribution in [-0.2, 0) is 0 Å². The van der Waals surface area contributed by atoms with Crippen molar-refractivity contribution in [2.75, 3.05) is 14.2 Å². The topological polar surface area (TPSA) is 64.4 Å². The minimum atomic E-state index is -0.599. The first-order chi connectivity index (χ1) is 16.0. The second-order valence-corrected chi connectivity index (χ2v) is 7.62. The number of halogens is 1. The van der Waals surface area contributed by atoms with E-state index in [0.29, 0.717) is 34.6 Å². The van der Waals surface area contributed by atoms with Crippen LogP contribution in [0.25, 0.3) is 16.6 Å². The van der Waals surface area contributed by atoms with Crippen LogP contribution >= 0.6 is 0 Å². The van der Waals surface area contributed by atoms with E-state index >= 15 is 0 Å². The summed E-state index contributed by atoms with van der Waals surface area (Å²) in [5, 5.41) is 0.449. The number of rotatable bonds is 6. The molecule has 1 atom stereocenters. The minimum absolute atomic E-state index is 0.0366. The zero-order valence-electron chi connectivity index (χ0n) is 18.7. The van der Waals surface area contributed by atoms with E-state index in [1.54, 1.807) is 55.6 Å². The Kier molecular flexibility index (Phi) is 6.22. The van der Waals surface area contributed by atoms with Crippen molar-refractivity contribution in [3.8, 4) is 11.4 Å². The Morgan fingerprint density at radius 3 is 2.45 bits per heavy atom. The summed E-state index contributed by atoms with van der Waals surface area (Å²) in [5.74, 6) is -0.222. The predicted octanol–water partition coefficient (Wildman–Crippen LogP) is 4.76. The number of para-hydroxylation sites is 3. The molecule has 1 amide bonds. The van der Waals surface area contributed by atoms with Crippen molar-refractivity contribution in [1.82, 2.24) is 14.5 Å². The van der Waals surface area contributed by atoms with Crippen molar-refractivity contribution in [3.63, 3.8) is 0 Å². The average molecular weight is 445 g/mol. The van der Waals surface area contributed by atoms with Crippen molar-refractivity contribution >= 4 is 16.8 Å². The summed E-state index contributed by atoms with van der Waals surface area (Å²) >= 11 is 0. The molecule has 1 heterocycles. The van der Waals surface area contributed by atoms with Crippen LogP contribution in [0.3, 0.4) is 0 Å². The monoisotopic (exact) mass is 445 g/mol. The van der Waals surface area contributed by atoms with Gasteiger partial charge >= 0.3 is 0 Å². The van der Waals surface area contributed by atoms with Crippen molar-refractivity contribution in [3.05, 3.63) is 100 Å². The number of hydrogen-bond donors (Lipinski definition) is 0. The quantitative estimate of drug-likeness (QED) is 0.429. The van der Waals surface area contributed by atoms with Gasteiger partial charge in [-0.05, 0) is 42.8 Å². The number of amides is 1. The summed E-state index contributed by atoms with van der Waals surface area (Å²) in [6, 6.07) is 19.5. The maximum Gasteiger partial charge on any atom is 0.266 e. The van der Waals surface area contributed by atoms with Crippen LogP contribution in [0.4, 0.5) is 4.39 Å². The van der Waals surface area contributed by atoms with Gasteiger partial charge in [-0.3, -0.25) is 14.2 Å². The van der Waals surface area contributed by atoms with E-state index in [4.69, 9.17) is 9.72 Å². The van der Waals surface area contributed by atoms with Crippen LogP contribution < -0.4 is 10.3 Å².